The van der Waals surface area contributed by atoms with Crippen LogP contribution < -0.4 is 0 Å². The zero-order chi connectivity index (χ0) is 16.1. The van der Waals surface area contributed by atoms with E-state index < -0.39 is 0 Å². The van der Waals surface area contributed by atoms with Gasteiger partial charge in [0.2, 0.25) is 0 Å². The van der Waals surface area contributed by atoms with Gasteiger partial charge in [0.15, 0.2) is 0 Å². The number of carbonyl (C=O) groups excluding carboxylic acids is 2. The Balaban J connectivity index is 2.08. The molecule has 0 saturated carbocycles. The Labute approximate surface area is 131 Å². The molecule has 1 aliphatic heterocycles. The molecule has 5 nitrogen and oxygen atoms in total. The number of hydrogen-bond donors (Lipinski definition) is 0. The number of ether oxygens (including phenoxy) is 2. The lowest BCUT2D eigenvalue weighted by Crippen LogP contribution is -2.38. The van der Waals surface area contributed by atoms with Gasteiger partial charge in [-0.25, -0.2) is 4.79 Å². The Bertz CT molecular complexity index is 517. The van der Waals surface area contributed by atoms with Crippen LogP contribution in [-0.2, 0) is 14.3 Å². The van der Waals surface area contributed by atoms with E-state index in [0.717, 1.165) is 5.56 Å². The summed E-state index contributed by atoms with van der Waals surface area (Å²) in [6, 6.07) is 9.62. The van der Waals surface area contributed by atoms with Crippen molar-refractivity contribution in [2.24, 2.45) is 5.92 Å². The second-order valence-electron chi connectivity index (χ2n) is 5.61. The van der Waals surface area contributed by atoms with Crippen molar-refractivity contribution < 1.29 is 19.1 Å². The molecule has 1 aromatic rings. The van der Waals surface area contributed by atoms with Crippen LogP contribution in [0.5, 0.6) is 0 Å². The molecule has 2 rings (SSSR count). The molecule has 1 aromatic carbocycles. The molecule has 1 amide bonds. The maximum Gasteiger partial charge on any atom is 0.410 e. The monoisotopic (exact) mass is 305 g/mol. The molecule has 0 spiro atoms. The first kappa shape index (κ1) is 16.3. The van der Waals surface area contributed by atoms with Crippen LogP contribution in [0.3, 0.4) is 0 Å². The molecule has 0 bridgehead atoms. The third-order valence-corrected chi connectivity index (χ3v) is 4.02. The molecule has 3 atom stereocenters. The smallest absolute Gasteiger partial charge is 0.410 e. The quantitative estimate of drug-likeness (QED) is 0.758. The summed E-state index contributed by atoms with van der Waals surface area (Å²) >= 11 is 0. The van der Waals surface area contributed by atoms with Crippen LogP contribution in [0, 0.1) is 5.92 Å². The summed E-state index contributed by atoms with van der Waals surface area (Å²) in [6.45, 7) is 6.28. The molecule has 1 saturated heterocycles. The van der Waals surface area contributed by atoms with Crippen molar-refractivity contribution in [3.63, 3.8) is 0 Å². The highest BCUT2D eigenvalue weighted by Crippen LogP contribution is 2.30. The fourth-order valence-electron chi connectivity index (χ4n) is 2.81. The molecular formula is C17H23NO4. The van der Waals surface area contributed by atoms with Crippen molar-refractivity contribution in [2.45, 2.75) is 39.3 Å². The van der Waals surface area contributed by atoms with E-state index in [-0.39, 0.29) is 30.1 Å². The zero-order valence-electron chi connectivity index (χ0n) is 13.3. The van der Waals surface area contributed by atoms with Gasteiger partial charge in [0.1, 0.15) is 6.61 Å². The minimum atomic E-state index is -0.322. The standard InChI is InChI=1S/C17H23NO4/c1-4-21-16(19)12(2)10-15-11-22-17(20)18(15)13(3)14-8-6-5-7-9-14/h5-9,12-13,15H,4,10-11H2,1-3H3/t12-,13+,15+/m0/s1. The van der Waals surface area contributed by atoms with E-state index in [4.69, 9.17) is 9.47 Å². The zero-order valence-corrected chi connectivity index (χ0v) is 13.3. The minimum absolute atomic E-state index is 0.0874. The molecule has 0 aromatic heterocycles. The summed E-state index contributed by atoms with van der Waals surface area (Å²) in [5, 5.41) is 0. The van der Waals surface area contributed by atoms with Gasteiger partial charge >= 0.3 is 12.1 Å². The molecule has 0 radical (unpaired) electrons. The second kappa shape index (κ2) is 7.29. The van der Waals surface area contributed by atoms with Crippen molar-refractivity contribution in [2.75, 3.05) is 13.2 Å². The van der Waals surface area contributed by atoms with E-state index in [9.17, 15) is 9.59 Å². The lowest BCUT2D eigenvalue weighted by atomic mass is 9.99. The molecule has 1 heterocycles. The number of amides is 1. The first-order valence-corrected chi connectivity index (χ1v) is 7.71. The third kappa shape index (κ3) is 3.59. The summed E-state index contributed by atoms with van der Waals surface area (Å²) in [6.07, 6.45) is 0.222. The van der Waals surface area contributed by atoms with Gasteiger partial charge in [-0.05, 0) is 25.8 Å². The molecule has 120 valence electrons. The average Bonchev–Trinajstić information content (AvgIpc) is 2.88. The number of rotatable bonds is 6. The van der Waals surface area contributed by atoms with Crippen molar-refractivity contribution in [1.82, 2.24) is 4.90 Å². The van der Waals surface area contributed by atoms with Gasteiger partial charge in [-0.15, -0.1) is 0 Å². The van der Waals surface area contributed by atoms with Gasteiger partial charge in [0.25, 0.3) is 0 Å². The summed E-state index contributed by atoms with van der Waals surface area (Å²) in [4.78, 5) is 25.6. The first-order valence-electron chi connectivity index (χ1n) is 7.71. The van der Waals surface area contributed by atoms with E-state index >= 15 is 0 Å². The normalized spacial score (nSPS) is 20.4. The van der Waals surface area contributed by atoms with Crippen LogP contribution in [0.1, 0.15) is 38.8 Å². The second-order valence-corrected chi connectivity index (χ2v) is 5.61. The highest BCUT2D eigenvalue weighted by molar-refractivity contribution is 5.73. The molecule has 0 unspecified atom stereocenters. The number of cyclic esters (lactones) is 1. The Kier molecular flexibility index (Phi) is 5.41. The largest absolute Gasteiger partial charge is 0.466 e. The number of carbonyl (C=O) groups is 2. The van der Waals surface area contributed by atoms with E-state index in [1.165, 1.54) is 0 Å². The molecular weight excluding hydrogens is 282 g/mol. The maximum absolute atomic E-state index is 12.1. The van der Waals surface area contributed by atoms with Gasteiger partial charge in [-0.2, -0.15) is 0 Å². The highest BCUT2D eigenvalue weighted by Gasteiger charge is 2.38. The fraction of sp³-hybridized carbons (Fsp3) is 0.529. The molecule has 5 heteroatoms. The maximum atomic E-state index is 12.1. The molecule has 1 fully saturated rings. The van der Waals surface area contributed by atoms with Crippen molar-refractivity contribution in [3.05, 3.63) is 35.9 Å². The van der Waals surface area contributed by atoms with Crippen LogP contribution in [0.2, 0.25) is 0 Å². The fourth-order valence-corrected chi connectivity index (χ4v) is 2.81. The van der Waals surface area contributed by atoms with Crippen LogP contribution in [0.25, 0.3) is 0 Å². The van der Waals surface area contributed by atoms with E-state index in [2.05, 4.69) is 0 Å². The van der Waals surface area contributed by atoms with Crippen molar-refractivity contribution in [1.29, 1.82) is 0 Å². The predicted octanol–water partition coefficient (Wildman–Crippen LogP) is 3.16. The summed E-state index contributed by atoms with van der Waals surface area (Å²) in [5.74, 6) is -0.487. The summed E-state index contributed by atoms with van der Waals surface area (Å²) in [7, 11) is 0. The van der Waals surface area contributed by atoms with Crippen LogP contribution in [0.15, 0.2) is 30.3 Å². The van der Waals surface area contributed by atoms with Gasteiger partial charge in [-0.3, -0.25) is 9.69 Å². The Morgan fingerprint density at radius 2 is 2.05 bits per heavy atom. The summed E-state index contributed by atoms with van der Waals surface area (Å²) < 4.78 is 10.2. The Hall–Kier alpha value is -2.04. The van der Waals surface area contributed by atoms with Gasteiger partial charge in [-0.1, -0.05) is 37.3 Å². The van der Waals surface area contributed by atoms with Crippen molar-refractivity contribution >= 4 is 12.1 Å². The lowest BCUT2D eigenvalue weighted by molar-refractivity contribution is -0.148. The van der Waals surface area contributed by atoms with Crippen LogP contribution in [0.4, 0.5) is 4.79 Å². The third-order valence-electron chi connectivity index (χ3n) is 4.02. The lowest BCUT2D eigenvalue weighted by Gasteiger charge is -2.29. The molecule has 0 N–H and O–H groups in total. The minimum Gasteiger partial charge on any atom is -0.466 e. The molecule has 0 aliphatic carbocycles. The molecule has 1 aliphatic rings. The first-order chi connectivity index (χ1) is 10.5. The van der Waals surface area contributed by atoms with Crippen LogP contribution >= 0.6 is 0 Å². The number of nitrogens with zero attached hydrogens (tertiary/aromatic N) is 1. The Morgan fingerprint density at radius 3 is 2.68 bits per heavy atom. The van der Waals surface area contributed by atoms with Gasteiger partial charge < -0.3 is 9.47 Å². The predicted molar refractivity (Wildman–Crippen MR) is 82.2 cm³/mol. The number of hydrogen-bond acceptors (Lipinski definition) is 4. The van der Waals surface area contributed by atoms with Gasteiger partial charge in [0, 0.05) is 0 Å². The number of benzene rings is 1. The van der Waals surface area contributed by atoms with E-state index in [1.54, 1.807) is 11.8 Å². The van der Waals surface area contributed by atoms with E-state index in [0.29, 0.717) is 19.6 Å². The molecule has 22 heavy (non-hydrogen) atoms. The SMILES string of the molecule is CCOC(=O)[C@@H](C)C[C@@H]1COC(=O)N1[C@H](C)c1ccccc1. The van der Waals surface area contributed by atoms with Gasteiger partial charge in [0.05, 0.1) is 24.6 Å². The summed E-state index contributed by atoms with van der Waals surface area (Å²) in [5.41, 5.74) is 1.05. The van der Waals surface area contributed by atoms with Crippen LogP contribution in [-0.4, -0.2) is 36.2 Å². The van der Waals surface area contributed by atoms with Crippen molar-refractivity contribution in [3.8, 4) is 0 Å². The highest BCUT2D eigenvalue weighted by atomic mass is 16.6. The topological polar surface area (TPSA) is 55.8 Å². The Morgan fingerprint density at radius 1 is 1.36 bits per heavy atom. The average molecular weight is 305 g/mol. The van der Waals surface area contributed by atoms with E-state index in [1.807, 2.05) is 44.2 Å². The number of esters is 1.